The monoisotopic (exact) mass is 400 g/mol. The number of ketones is 1. The highest BCUT2D eigenvalue weighted by atomic mass is 19.4. The molecule has 1 aliphatic heterocycles. The van der Waals surface area contributed by atoms with Crippen molar-refractivity contribution in [1.82, 2.24) is 14.8 Å². The van der Waals surface area contributed by atoms with Crippen molar-refractivity contribution in [2.24, 2.45) is 0 Å². The summed E-state index contributed by atoms with van der Waals surface area (Å²) in [6.07, 6.45) is -2.49. The van der Waals surface area contributed by atoms with Crippen molar-refractivity contribution in [1.29, 1.82) is 0 Å². The normalized spacial score (nSPS) is 21.6. The third-order valence-corrected chi connectivity index (χ3v) is 5.23. The highest BCUT2D eigenvalue weighted by Crippen LogP contribution is 2.44. The summed E-state index contributed by atoms with van der Waals surface area (Å²) in [4.78, 5) is 16.8. The summed E-state index contributed by atoms with van der Waals surface area (Å²) in [5.41, 5.74) is 1.65. The number of rotatable bonds is 2. The van der Waals surface area contributed by atoms with E-state index in [4.69, 9.17) is 4.42 Å². The quantitative estimate of drug-likeness (QED) is 0.694. The van der Waals surface area contributed by atoms with E-state index in [1.807, 2.05) is 0 Å². The standard InChI is InChI=1S/C20H15F3N4O2/c21-20(22,23)18-25-19-24-13-9-12(15-7-4-8-29-15)10-14(28)16(13)17(27(19)26-18)11-5-2-1-3-6-11/h1-8,12,17H,9-10H2,(H,24,25,26)/t12-,17-/m1/s1. The summed E-state index contributed by atoms with van der Waals surface area (Å²) in [6, 6.07) is 11.7. The molecule has 0 saturated carbocycles. The molecule has 3 heterocycles. The fraction of sp³-hybridized carbons (Fsp3) is 0.250. The SMILES string of the molecule is O=C1C[C@H](c2ccco2)CC2=C1[C@@H](c1ccccc1)n1nc(C(F)(F)F)nc1N2. The smallest absolute Gasteiger partial charge is 0.453 e. The number of Topliss-reactive ketones (excluding diaryl/α,β-unsaturated/α-hetero) is 1. The summed E-state index contributed by atoms with van der Waals surface area (Å²) in [6.45, 7) is 0. The molecule has 0 amide bonds. The third kappa shape index (κ3) is 2.93. The van der Waals surface area contributed by atoms with Gasteiger partial charge in [-0.05, 0) is 24.1 Å². The molecule has 0 saturated heterocycles. The van der Waals surface area contributed by atoms with Crippen molar-refractivity contribution in [3.05, 3.63) is 77.1 Å². The molecule has 6 nitrogen and oxygen atoms in total. The minimum Gasteiger partial charge on any atom is -0.469 e. The molecular weight excluding hydrogens is 385 g/mol. The maximum atomic E-state index is 13.2. The van der Waals surface area contributed by atoms with Gasteiger partial charge in [-0.1, -0.05) is 30.3 Å². The van der Waals surface area contributed by atoms with E-state index < -0.39 is 18.0 Å². The summed E-state index contributed by atoms with van der Waals surface area (Å²) in [5, 5.41) is 6.61. The molecule has 1 aromatic carbocycles. The maximum absolute atomic E-state index is 13.2. The first-order chi connectivity index (χ1) is 13.9. The molecule has 29 heavy (non-hydrogen) atoms. The van der Waals surface area contributed by atoms with E-state index in [-0.39, 0.29) is 24.1 Å². The van der Waals surface area contributed by atoms with Crippen LogP contribution in [-0.4, -0.2) is 20.5 Å². The largest absolute Gasteiger partial charge is 0.469 e. The van der Waals surface area contributed by atoms with Gasteiger partial charge >= 0.3 is 6.18 Å². The number of alkyl halides is 3. The van der Waals surface area contributed by atoms with Gasteiger partial charge in [-0.15, -0.1) is 5.10 Å². The van der Waals surface area contributed by atoms with Crippen LogP contribution in [0.15, 0.2) is 64.4 Å². The number of carbonyl (C=O) groups is 1. The molecule has 0 fully saturated rings. The van der Waals surface area contributed by atoms with Crippen LogP contribution in [0.3, 0.4) is 0 Å². The first kappa shape index (κ1) is 17.7. The van der Waals surface area contributed by atoms with E-state index >= 15 is 0 Å². The highest BCUT2D eigenvalue weighted by Gasteiger charge is 2.43. The molecule has 9 heteroatoms. The Hall–Kier alpha value is -3.36. The third-order valence-electron chi connectivity index (χ3n) is 5.23. The number of allylic oxidation sites excluding steroid dienone is 2. The minimum absolute atomic E-state index is 0.0298. The Morgan fingerprint density at radius 2 is 1.90 bits per heavy atom. The number of furan rings is 1. The Morgan fingerprint density at radius 1 is 1.10 bits per heavy atom. The summed E-state index contributed by atoms with van der Waals surface area (Å²) in [5.74, 6) is -0.931. The van der Waals surface area contributed by atoms with Crippen LogP contribution in [0.4, 0.5) is 19.1 Å². The van der Waals surface area contributed by atoms with Gasteiger partial charge in [0, 0.05) is 23.6 Å². The molecule has 148 valence electrons. The predicted molar refractivity (Wildman–Crippen MR) is 95.9 cm³/mol. The molecule has 2 aromatic heterocycles. The van der Waals surface area contributed by atoms with Crippen LogP contribution in [0.25, 0.3) is 0 Å². The number of benzene rings is 1. The fourth-order valence-electron chi connectivity index (χ4n) is 4.00. The van der Waals surface area contributed by atoms with Crippen LogP contribution >= 0.6 is 0 Å². The van der Waals surface area contributed by atoms with Crippen LogP contribution in [0.5, 0.6) is 0 Å². The summed E-state index contributed by atoms with van der Waals surface area (Å²) < 4.78 is 46.3. The second-order valence-electron chi connectivity index (χ2n) is 7.08. The van der Waals surface area contributed by atoms with Crippen LogP contribution in [0.1, 0.15) is 41.9 Å². The zero-order valence-electron chi connectivity index (χ0n) is 15.0. The Kier molecular flexibility index (Phi) is 3.87. The van der Waals surface area contributed by atoms with Gasteiger partial charge in [-0.2, -0.15) is 18.2 Å². The molecule has 0 spiro atoms. The summed E-state index contributed by atoms with van der Waals surface area (Å²) >= 11 is 0. The second kappa shape index (κ2) is 6.33. The Balaban J connectivity index is 1.64. The minimum atomic E-state index is -4.69. The topological polar surface area (TPSA) is 73.0 Å². The first-order valence-corrected chi connectivity index (χ1v) is 9.07. The van der Waals surface area contributed by atoms with E-state index in [2.05, 4.69) is 15.4 Å². The van der Waals surface area contributed by atoms with Crippen molar-refractivity contribution in [2.45, 2.75) is 31.0 Å². The Labute approximate surface area is 163 Å². The molecular formula is C20H15F3N4O2. The number of anilines is 1. The second-order valence-corrected chi connectivity index (χ2v) is 7.08. The highest BCUT2D eigenvalue weighted by molar-refractivity contribution is 6.00. The lowest BCUT2D eigenvalue weighted by Gasteiger charge is -2.34. The predicted octanol–water partition coefficient (Wildman–Crippen LogP) is 4.31. The van der Waals surface area contributed by atoms with Gasteiger partial charge in [0.2, 0.25) is 5.95 Å². The van der Waals surface area contributed by atoms with E-state index in [0.717, 1.165) is 4.68 Å². The number of carbonyl (C=O) groups excluding carboxylic acids is 1. The van der Waals surface area contributed by atoms with Crippen molar-refractivity contribution < 1.29 is 22.4 Å². The van der Waals surface area contributed by atoms with Gasteiger partial charge in [-0.25, -0.2) is 4.68 Å². The van der Waals surface area contributed by atoms with E-state index in [9.17, 15) is 18.0 Å². The molecule has 0 unspecified atom stereocenters. The Morgan fingerprint density at radius 3 is 2.59 bits per heavy atom. The zero-order chi connectivity index (χ0) is 20.2. The van der Waals surface area contributed by atoms with E-state index in [0.29, 0.717) is 29.0 Å². The average Bonchev–Trinajstić information content (AvgIpc) is 3.36. The van der Waals surface area contributed by atoms with Gasteiger partial charge < -0.3 is 9.73 Å². The molecule has 3 aromatic rings. The lowest BCUT2D eigenvalue weighted by atomic mass is 9.79. The summed E-state index contributed by atoms with van der Waals surface area (Å²) in [7, 11) is 0. The maximum Gasteiger partial charge on any atom is 0.453 e. The van der Waals surface area contributed by atoms with Crippen molar-refractivity contribution in [3.8, 4) is 0 Å². The number of fused-ring (bicyclic) bond motifs is 1. The van der Waals surface area contributed by atoms with Crippen LogP contribution in [-0.2, 0) is 11.0 Å². The van der Waals surface area contributed by atoms with E-state index in [1.165, 1.54) is 6.26 Å². The van der Waals surface area contributed by atoms with Crippen molar-refractivity contribution in [3.63, 3.8) is 0 Å². The number of aromatic nitrogens is 3. The van der Waals surface area contributed by atoms with E-state index in [1.54, 1.807) is 42.5 Å². The lowest BCUT2D eigenvalue weighted by molar-refractivity contribution is -0.145. The first-order valence-electron chi connectivity index (χ1n) is 9.07. The fourth-order valence-corrected chi connectivity index (χ4v) is 4.00. The molecule has 0 bridgehead atoms. The van der Waals surface area contributed by atoms with Gasteiger partial charge in [0.25, 0.3) is 5.82 Å². The van der Waals surface area contributed by atoms with Crippen LogP contribution in [0.2, 0.25) is 0 Å². The number of hydrogen-bond acceptors (Lipinski definition) is 5. The molecule has 2 atom stereocenters. The molecule has 2 aliphatic rings. The van der Waals surface area contributed by atoms with Gasteiger partial charge in [0.1, 0.15) is 11.8 Å². The van der Waals surface area contributed by atoms with Gasteiger partial charge in [0.15, 0.2) is 5.78 Å². The van der Waals surface area contributed by atoms with Crippen molar-refractivity contribution >= 4 is 11.7 Å². The lowest BCUT2D eigenvalue weighted by Crippen LogP contribution is -2.33. The molecule has 1 aliphatic carbocycles. The Bertz CT molecular complexity index is 1100. The number of halogens is 3. The molecule has 0 radical (unpaired) electrons. The number of nitrogens with one attached hydrogen (secondary N) is 1. The van der Waals surface area contributed by atoms with Gasteiger partial charge in [0.05, 0.1) is 6.26 Å². The molecule has 5 rings (SSSR count). The number of hydrogen-bond donors (Lipinski definition) is 1. The van der Waals surface area contributed by atoms with Crippen LogP contribution < -0.4 is 5.32 Å². The zero-order valence-corrected chi connectivity index (χ0v) is 15.0. The number of nitrogens with zero attached hydrogens (tertiary/aromatic N) is 3. The van der Waals surface area contributed by atoms with Gasteiger partial charge in [-0.3, -0.25) is 4.79 Å². The molecule has 1 N–H and O–H groups in total. The average molecular weight is 400 g/mol. The van der Waals surface area contributed by atoms with Crippen LogP contribution in [0, 0.1) is 0 Å². The van der Waals surface area contributed by atoms with Crippen molar-refractivity contribution in [2.75, 3.05) is 5.32 Å².